The summed E-state index contributed by atoms with van der Waals surface area (Å²) in [5, 5.41) is 4.49. The first kappa shape index (κ1) is 12.9. The summed E-state index contributed by atoms with van der Waals surface area (Å²) >= 11 is 3.52. The lowest BCUT2D eigenvalue weighted by atomic mass is 10.1. The van der Waals surface area contributed by atoms with E-state index in [0.717, 1.165) is 32.4 Å². The molecule has 0 saturated heterocycles. The number of nitrogens with one attached hydrogen (secondary N) is 1. The highest BCUT2D eigenvalue weighted by atomic mass is 79.9. The van der Waals surface area contributed by atoms with Crippen molar-refractivity contribution in [1.29, 1.82) is 0 Å². The van der Waals surface area contributed by atoms with Crippen LogP contribution >= 0.6 is 15.9 Å². The van der Waals surface area contributed by atoms with Crippen LogP contribution in [0.25, 0.3) is 10.9 Å². The topological polar surface area (TPSA) is 50.9 Å². The molecule has 0 aliphatic carbocycles. The van der Waals surface area contributed by atoms with Crippen LogP contribution in [0.15, 0.2) is 53.1 Å². The van der Waals surface area contributed by atoms with E-state index in [1.807, 2.05) is 24.3 Å². The fourth-order valence-corrected chi connectivity index (χ4v) is 2.85. The number of halogens is 1. The van der Waals surface area contributed by atoms with E-state index in [9.17, 15) is 0 Å². The number of anilines is 3. The van der Waals surface area contributed by atoms with E-state index >= 15 is 0 Å². The fourth-order valence-electron chi connectivity index (χ4n) is 2.24. The van der Waals surface area contributed by atoms with Crippen molar-refractivity contribution in [3.05, 3.63) is 58.7 Å². The molecule has 0 radical (unpaired) electrons. The third kappa shape index (κ3) is 2.60. The van der Waals surface area contributed by atoms with Crippen molar-refractivity contribution in [2.75, 3.05) is 11.1 Å². The summed E-state index contributed by atoms with van der Waals surface area (Å²) in [6.07, 6.45) is 1.79. The predicted octanol–water partition coefficient (Wildman–Crippen LogP) is 4.63. The summed E-state index contributed by atoms with van der Waals surface area (Å²) in [7, 11) is 0. The number of fused-ring (bicyclic) bond motifs is 1. The maximum absolute atomic E-state index is 5.80. The Morgan fingerprint density at radius 3 is 2.75 bits per heavy atom. The lowest BCUT2D eigenvalue weighted by molar-refractivity contribution is 1.39. The Morgan fingerprint density at radius 2 is 1.95 bits per heavy atom. The molecule has 3 N–H and O–H groups in total. The molecule has 0 amide bonds. The highest BCUT2D eigenvalue weighted by molar-refractivity contribution is 9.10. The Labute approximate surface area is 126 Å². The van der Waals surface area contributed by atoms with Crippen LogP contribution in [-0.2, 0) is 0 Å². The number of hydrogen-bond donors (Lipinski definition) is 2. The van der Waals surface area contributed by atoms with E-state index in [1.165, 1.54) is 5.56 Å². The van der Waals surface area contributed by atoms with E-state index in [-0.39, 0.29) is 0 Å². The van der Waals surface area contributed by atoms with Crippen LogP contribution in [0.1, 0.15) is 5.56 Å². The lowest BCUT2D eigenvalue weighted by Crippen LogP contribution is -1.94. The van der Waals surface area contributed by atoms with Gasteiger partial charge in [-0.25, -0.2) is 0 Å². The number of aromatic nitrogens is 1. The molecular weight excluding hydrogens is 314 g/mol. The van der Waals surface area contributed by atoms with Crippen LogP contribution in [0.4, 0.5) is 17.1 Å². The summed E-state index contributed by atoms with van der Waals surface area (Å²) < 4.78 is 1.06. The first-order valence-corrected chi connectivity index (χ1v) is 7.09. The SMILES string of the molecule is Cc1cc(Br)cc(Nc2ccnc3cc(N)ccc23)c1. The standard InChI is InChI=1S/C16H14BrN3/c1-10-6-11(17)8-13(7-10)20-15-4-5-19-16-9-12(18)2-3-14(15)16/h2-9H,18H2,1H3,(H,19,20). The molecule has 20 heavy (non-hydrogen) atoms. The Kier molecular flexibility index (Phi) is 3.32. The van der Waals surface area contributed by atoms with Crippen LogP contribution in [0.2, 0.25) is 0 Å². The zero-order valence-electron chi connectivity index (χ0n) is 11.0. The zero-order valence-corrected chi connectivity index (χ0v) is 12.6. The Hall–Kier alpha value is -2.07. The Bertz CT molecular complexity index is 764. The molecule has 0 aliphatic rings. The molecular formula is C16H14BrN3. The lowest BCUT2D eigenvalue weighted by Gasteiger charge is -2.11. The van der Waals surface area contributed by atoms with Crippen molar-refractivity contribution in [1.82, 2.24) is 4.98 Å². The molecule has 0 atom stereocenters. The second-order valence-electron chi connectivity index (χ2n) is 4.78. The fraction of sp³-hybridized carbons (Fsp3) is 0.0625. The van der Waals surface area contributed by atoms with Crippen LogP contribution in [0.3, 0.4) is 0 Å². The summed E-state index contributed by atoms with van der Waals surface area (Å²) in [5.41, 5.74) is 10.7. The molecule has 0 unspecified atom stereocenters. The van der Waals surface area contributed by atoms with Crippen molar-refractivity contribution in [3.63, 3.8) is 0 Å². The van der Waals surface area contributed by atoms with Crippen molar-refractivity contribution in [3.8, 4) is 0 Å². The van der Waals surface area contributed by atoms with Gasteiger partial charge in [-0.05, 0) is 55.0 Å². The van der Waals surface area contributed by atoms with Gasteiger partial charge in [0, 0.05) is 33.1 Å². The number of aryl methyl sites for hydroxylation is 1. The second-order valence-corrected chi connectivity index (χ2v) is 5.69. The van der Waals surface area contributed by atoms with Gasteiger partial charge < -0.3 is 11.1 Å². The normalized spacial score (nSPS) is 10.7. The van der Waals surface area contributed by atoms with E-state index < -0.39 is 0 Å². The zero-order chi connectivity index (χ0) is 14.1. The average Bonchev–Trinajstić information content (AvgIpc) is 2.37. The molecule has 1 aromatic heterocycles. The number of nitrogens with two attached hydrogens (primary N) is 1. The third-order valence-corrected chi connectivity index (χ3v) is 3.55. The van der Waals surface area contributed by atoms with Gasteiger partial charge in [-0.1, -0.05) is 15.9 Å². The summed E-state index contributed by atoms with van der Waals surface area (Å²) in [5.74, 6) is 0. The molecule has 1 heterocycles. The molecule has 0 fully saturated rings. The second kappa shape index (κ2) is 5.13. The molecule has 4 heteroatoms. The van der Waals surface area contributed by atoms with Gasteiger partial charge in [0.15, 0.2) is 0 Å². The quantitative estimate of drug-likeness (QED) is 0.674. The molecule has 0 bridgehead atoms. The number of benzene rings is 2. The first-order chi connectivity index (χ1) is 9.61. The van der Waals surface area contributed by atoms with Gasteiger partial charge in [0.1, 0.15) is 0 Å². The van der Waals surface area contributed by atoms with E-state index in [1.54, 1.807) is 6.20 Å². The number of nitrogen functional groups attached to an aromatic ring is 1. The minimum Gasteiger partial charge on any atom is -0.399 e. The average molecular weight is 328 g/mol. The molecule has 3 rings (SSSR count). The Morgan fingerprint density at radius 1 is 1.10 bits per heavy atom. The van der Waals surface area contributed by atoms with Crippen LogP contribution in [0.5, 0.6) is 0 Å². The third-order valence-electron chi connectivity index (χ3n) is 3.09. The number of hydrogen-bond acceptors (Lipinski definition) is 3. The van der Waals surface area contributed by atoms with Crippen molar-refractivity contribution >= 4 is 43.9 Å². The van der Waals surface area contributed by atoms with Gasteiger partial charge in [0.2, 0.25) is 0 Å². The van der Waals surface area contributed by atoms with Gasteiger partial charge in [0.25, 0.3) is 0 Å². The van der Waals surface area contributed by atoms with Crippen molar-refractivity contribution < 1.29 is 0 Å². The minimum absolute atomic E-state index is 0.723. The summed E-state index contributed by atoms with van der Waals surface area (Å²) in [4.78, 5) is 4.35. The van der Waals surface area contributed by atoms with E-state index in [4.69, 9.17) is 5.73 Å². The van der Waals surface area contributed by atoms with Crippen LogP contribution in [0, 0.1) is 6.92 Å². The van der Waals surface area contributed by atoms with Gasteiger partial charge >= 0.3 is 0 Å². The van der Waals surface area contributed by atoms with Crippen molar-refractivity contribution in [2.45, 2.75) is 6.92 Å². The molecule has 0 aliphatic heterocycles. The maximum atomic E-state index is 5.80. The molecule has 0 saturated carbocycles. The first-order valence-electron chi connectivity index (χ1n) is 6.30. The molecule has 100 valence electrons. The van der Waals surface area contributed by atoms with Gasteiger partial charge in [-0.15, -0.1) is 0 Å². The number of pyridine rings is 1. The van der Waals surface area contributed by atoms with E-state index in [2.05, 4.69) is 51.4 Å². The maximum Gasteiger partial charge on any atom is 0.0743 e. The summed E-state index contributed by atoms with van der Waals surface area (Å²) in [6.45, 7) is 2.07. The van der Waals surface area contributed by atoms with Gasteiger partial charge in [0.05, 0.1) is 5.52 Å². The monoisotopic (exact) mass is 327 g/mol. The van der Waals surface area contributed by atoms with Gasteiger partial charge in [-0.2, -0.15) is 0 Å². The summed E-state index contributed by atoms with van der Waals surface area (Å²) in [6, 6.07) is 14.0. The smallest absolute Gasteiger partial charge is 0.0743 e. The Balaban J connectivity index is 2.06. The number of nitrogens with zero attached hydrogens (tertiary/aromatic N) is 1. The van der Waals surface area contributed by atoms with Crippen LogP contribution in [-0.4, -0.2) is 4.98 Å². The van der Waals surface area contributed by atoms with E-state index in [0.29, 0.717) is 0 Å². The molecule has 2 aromatic carbocycles. The molecule has 3 aromatic rings. The highest BCUT2D eigenvalue weighted by Crippen LogP contribution is 2.28. The predicted molar refractivity (Wildman–Crippen MR) is 88.3 cm³/mol. The van der Waals surface area contributed by atoms with Gasteiger partial charge in [-0.3, -0.25) is 4.98 Å². The molecule has 0 spiro atoms. The number of rotatable bonds is 2. The largest absolute Gasteiger partial charge is 0.399 e. The molecule has 3 nitrogen and oxygen atoms in total. The van der Waals surface area contributed by atoms with Crippen molar-refractivity contribution in [2.24, 2.45) is 0 Å². The van der Waals surface area contributed by atoms with Crippen LogP contribution < -0.4 is 11.1 Å². The highest BCUT2D eigenvalue weighted by Gasteiger charge is 2.04. The minimum atomic E-state index is 0.723.